The molecule has 2 N–H and O–H groups in total. The fourth-order valence-electron chi connectivity index (χ4n) is 1.59. The lowest BCUT2D eigenvalue weighted by Gasteiger charge is -1.99. The number of aromatic nitrogens is 1. The van der Waals surface area contributed by atoms with Crippen molar-refractivity contribution < 1.29 is 0 Å². The van der Waals surface area contributed by atoms with E-state index in [9.17, 15) is 0 Å². The fourth-order valence-corrected chi connectivity index (χ4v) is 1.59. The molecule has 2 nitrogen and oxygen atoms in total. The van der Waals surface area contributed by atoms with Gasteiger partial charge in [-0.25, -0.2) is 0 Å². The van der Waals surface area contributed by atoms with E-state index < -0.39 is 0 Å². The molecule has 0 atom stereocenters. The first kappa shape index (κ1) is 16.1. The Kier molecular flexibility index (Phi) is 14.3. The monoisotopic (exact) mass is 236 g/mol. The number of hydrogen-bond acceptors (Lipinski definition) is 2. The van der Waals surface area contributed by atoms with Crippen LogP contribution in [0.2, 0.25) is 0 Å². The molecule has 0 spiro atoms. The van der Waals surface area contributed by atoms with Crippen molar-refractivity contribution in [3.05, 3.63) is 30.6 Å². The van der Waals surface area contributed by atoms with Gasteiger partial charge in [0.15, 0.2) is 0 Å². The fraction of sp³-hybridized carbons (Fsp3) is 0.667. The van der Waals surface area contributed by atoms with Crippen LogP contribution in [-0.4, -0.2) is 11.5 Å². The number of unbranched alkanes of at least 4 members (excludes halogenated alkanes) is 7. The maximum Gasteiger partial charge on any atom is 0.0267 e. The minimum atomic E-state index is 0.870. The molecule has 0 radical (unpaired) electrons. The molecule has 2 heteroatoms. The summed E-state index contributed by atoms with van der Waals surface area (Å²) in [5, 5.41) is 0. The summed E-state index contributed by atoms with van der Waals surface area (Å²) in [6.07, 6.45) is 14.5. The van der Waals surface area contributed by atoms with E-state index in [0.717, 1.165) is 6.54 Å². The van der Waals surface area contributed by atoms with Crippen molar-refractivity contribution in [2.45, 2.75) is 58.3 Å². The molecule has 0 aliphatic heterocycles. The first-order chi connectivity index (χ1) is 8.41. The average molecular weight is 236 g/mol. The van der Waals surface area contributed by atoms with Crippen LogP contribution in [0.15, 0.2) is 30.6 Å². The van der Waals surface area contributed by atoms with Crippen molar-refractivity contribution in [2.75, 3.05) is 6.54 Å². The minimum absolute atomic E-state index is 0.870. The van der Waals surface area contributed by atoms with Crippen LogP contribution in [-0.2, 0) is 0 Å². The summed E-state index contributed by atoms with van der Waals surface area (Å²) in [6, 6.07) is 5.72. The van der Waals surface area contributed by atoms with Crippen molar-refractivity contribution in [1.82, 2.24) is 4.98 Å². The van der Waals surface area contributed by atoms with Crippen molar-refractivity contribution in [3.63, 3.8) is 0 Å². The third-order valence-electron chi connectivity index (χ3n) is 2.62. The lowest BCUT2D eigenvalue weighted by atomic mass is 10.1. The predicted molar refractivity (Wildman–Crippen MR) is 75.9 cm³/mol. The molecule has 1 aromatic heterocycles. The molecule has 1 rings (SSSR count). The Morgan fingerprint density at radius 1 is 0.765 bits per heavy atom. The number of pyridine rings is 1. The van der Waals surface area contributed by atoms with Gasteiger partial charge in [0, 0.05) is 12.4 Å². The van der Waals surface area contributed by atoms with Gasteiger partial charge in [-0.05, 0) is 25.1 Å². The molecule has 0 saturated carbocycles. The van der Waals surface area contributed by atoms with Gasteiger partial charge in [0.25, 0.3) is 0 Å². The quantitative estimate of drug-likeness (QED) is 0.688. The van der Waals surface area contributed by atoms with Crippen LogP contribution in [0.4, 0.5) is 0 Å². The lowest BCUT2D eigenvalue weighted by Crippen LogP contribution is -1.97. The molecule has 0 amide bonds. The van der Waals surface area contributed by atoms with Gasteiger partial charge in [0.05, 0.1) is 0 Å². The molecule has 0 unspecified atom stereocenters. The molecule has 0 aliphatic rings. The third-order valence-corrected chi connectivity index (χ3v) is 2.62. The molecule has 0 bridgehead atoms. The van der Waals surface area contributed by atoms with Gasteiger partial charge in [-0.15, -0.1) is 0 Å². The highest BCUT2D eigenvalue weighted by atomic mass is 14.6. The molecule has 17 heavy (non-hydrogen) atoms. The van der Waals surface area contributed by atoms with Gasteiger partial charge in [-0.1, -0.05) is 57.9 Å². The van der Waals surface area contributed by atoms with E-state index in [1.54, 1.807) is 12.4 Å². The zero-order chi connectivity index (χ0) is 12.6. The molecule has 0 saturated heterocycles. The Labute approximate surface area is 107 Å². The Morgan fingerprint density at radius 3 is 1.65 bits per heavy atom. The molecule has 0 aliphatic carbocycles. The van der Waals surface area contributed by atoms with E-state index in [1.165, 1.54) is 51.4 Å². The van der Waals surface area contributed by atoms with E-state index in [1.807, 2.05) is 18.2 Å². The van der Waals surface area contributed by atoms with Crippen LogP contribution in [0.5, 0.6) is 0 Å². The summed E-state index contributed by atoms with van der Waals surface area (Å²) in [6.45, 7) is 3.13. The van der Waals surface area contributed by atoms with Gasteiger partial charge >= 0.3 is 0 Å². The van der Waals surface area contributed by atoms with Crippen LogP contribution >= 0.6 is 0 Å². The van der Waals surface area contributed by atoms with Crippen molar-refractivity contribution in [2.24, 2.45) is 5.73 Å². The second kappa shape index (κ2) is 15.1. The Bertz CT molecular complexity index is 177. The first-order valence-corrected chi connectivity index (χ1v) is 6.97. The Morgan fingerprint density at radius 2 is 1.29 bits per heavy atom. The number of rotatable bonds is 8. The second-order valence-corrected chi connectivity index (χ2v) is 4.29. The van der Waals surface area contributed by atoms with Crippen molar-refractivity contribution >= 4 is 0 Å². The summed E-state index contributed by atoms with van der Waals surface area (Å²) in [4.78, 5) is 3.78. The standard InChI is InChI=1S/C10H23N.C5H5N/c1-2-3-4-5-6-7-8-9-10-11;1-2-4-6-5-3-1/h2-11H2,1H3;1-5H. The summed E-state index contributed by atoms with van der Waals surface area (Å²) in [5.74, 6) is 0. The Balaban J connectivity index is 0.000000354. The molecule has 1 aromatic rings. The number of nitrogens with two attached hydrogens (primary N) is 1. The minimum Gasteiger partial charge on any atom is -0.330 e. The average Bonchev–Trinajstić information content (AvgIpc) is 2.41. The molecule has 0 aromatic carbocycles. The van der Waals surface area contributed by atoms with Crippen LogP contribution < -0.4 is 5.73 Å². The highest BCUT2D eigenvalue weighted by Gasteiger charge is 1.89. The van der Waals surface area contributed by atoms with Crippen LogP contribution in [0, 0.1) is 0 Å². The highest BCUT2D eigenvalue weighted by molar-refractivity contribution is 4.88. The zero-order valence-corrected chi connectivity index (χ0v) is 11.3. The maximum atomic E-state index is 5.39. The summed E-state index contributed by atoms with van der Waals surface area (Å²) in [5.41, 5.74) is 5.39. The van der Waals surface area contributed by atoms with E-state index in [2.05, 4.69) is 11.9 Å². The van der Waals surface area contributed by atoms with Gasteiger partial charge in [0.2, 0.25) is 0 Å². The summed E-state index contributed by atoms with van der Waals surface area (Å²) in [7, 11) is 0. The zero-order valence-electron chi connectivity index (χ0n) is 11.3. The van der Waals surface area contributed by atoms with Gasteiger partial charge < -0.3 is 5.73 Å². The first-order valence-electron chi connectivity index (χ1n) is 6.97. The molecular weight excluding hydrogens is 208 g/mol. The maximum absolute atomic E-state index is 5.39. The highest BCUT2D eigenvalue weighted by Crippen LogP contribution is 2.07. The van der Waals surface area contributed by atoms with Gasteiger partial charge in [-0.3, -0.25) is 4.98 Å². The third kappa shape index (κ3) is 15.1. The van der Waals surface area contributed by atoms with Crippen LogP contribution in [0.1, 0.15) is 58.3 Å². The molecule has 98 valence electrons. The van der Waals surface area contributed by atoms with Gasteiger partial charge in [-0.2, -0.15) is 0 Å². The smallest absolute Gasteiger partial charge is 0.0267 e. The Hall–Kier alpha value is -0.890. The van der Waals surface area contributed by atoms with Crippen LogP contribution in [0.3, 0.4) is 0 Å². The van der Waals surface area contributed by atoms with Crippen molar-refractivity contribution in [3.8, 4) is 0 Å². The van der Waals surface area contributed by atoms with E-state index in [-0.39, 0.29) is 0 Å². The van der Waals surface area contributed by atoms with E-state index in [4.69, 9.17) is 5.73 Å². The molecular formula is C15H28N2. The number of hydrogen-bond donors (Lipinski definition) is 1. The van der Waals surface area contributed by atoms with Crippen LogP contribution in [0.25, 0.3) is 0 Å². The van der Waals surface area contributed by atoms with Gasteiger partial charge in [0.1, 0.15) is 0 Å². The molecule has 0 fully saturated rings. The lowest BCUT2D eigenvalue weighted by molar-refractivity contribution is 0.578. The largest absolute Gasteiger partial charge is 0.330 e. The topological polar surface area (TPSA) is 38.9 Å². The van der Waals surface area contributed by atoms with E-state index in [0.29, 0.717) is 0 Å². The normalized spacial score (nSPS) is 9.53. The second-order valence-electron chi connectivity index (χ2n) is 4.29. The summed E-state index contributed by atoms with van der Waals surface area (Å²) < 4.78 is 0. The predicted octanol–water partition coefficient (Wildman–Crippen LogP) is 4.17. The van der Waals surface area contributed by atoms with E-state index >= 15 is 0 Å². The summed E-state index contributed by atoms with van der Waals surface area (Å²) >= 11 is 0. The number of nitrogens with zero attached hydrogens (tertiary/aromatic N) is 1. The SMILES string of the molecule is CCCCCCCCCCN.c1ccncc1. The van der Waals surface area contributed by atoms with Crippen molar-refractivity contribution in [1.29, 1.82) is 0 Å². The molecule has 1 heterocycles.